The quantitative estimate of drug-likeness (QED) is 0.427. The van der Waals surface area contributed by atoms with Crippen LogP contribution in [0.25, 0.3) is 0 Å². The van der Waals surface area contributed by atoms with E-state index in [0.29, 0.717) is 0 Å². The molecule has 1 aliphatic rings. The SMILES string of the molecule is CCCCCC1CCC(CCCCc2ccc(C)cc2)CC1. The molecule has 0 heterocycles. The number of hydrogen-bond acceptors (Lipinski definition) is 0. The van der Waals surface area contributed by atoms with Gasteiger partial charge in [0.2, 0.25) is 0 Å². The maximum absolute atomic E-state index is 2.31. The molecule has 1 fully saturated rings. The first-order chi connectivity index (χ1) is 10.8. The van der Waals surface area contributed by atoms with Crippen molar-refractivity contribution < 1.29 is 0 Å². The third-order valence-electron chi connectivity index (χ3n) is 5.63. The number of benzene rings is 1. The highest BCUT2D eigenvalue weighted by Gasteiger charge is 2.20. The summed E-state index contributed by atoms with van der Waals surface area (Å²) in [7, 11) is 0. The molecule has 0 aromatic heterocycles. The molecule has 0 atom stereocenters. The van der Waals surface area contributed by atoms with Gasteiger partial charge in [0.05, 0.1) is 0 Å². The van der Waals surface area contributed by atoms with E-state index < -0.39 is 0 Å². The summed E-state index contributed by atoms with van der Waals surface area (Å²) in [5.74, 6) is 2.11. The van der Waals surface area contributed by atoms with Crippen LogP contribution in [-0.4, -0.2) is 0 Å². The molecule has 0 heteroatoms. The molecule has 2 rings (SSSR count). The Kier molecular flexibility index (Phi) is 8.05. The van der Waals surface area contributed by atoms with E-state index in [9.17, 15) is 0 Å². The molecular weight excluding hydrogens is 264 g/mol. The molecule has 1 aromatic rings. The molecule has 0 radical (unpaired) electrons. The van der Waals surface area contributed by atoms with Gasteiger partial charge in [0.15, 0.2) is 0 Å². The molecule has 0 aliphatic heterocycles. The zero-order chi connectivity index (χ0) is 15.6. The van der Waals surface area contributed by atoms with E-state index in [1.807, 2.05) is 0 Å². The zero-order valence-corrected chi connectivity index (χ0v) is 14.9. The second-order valence-corrected chi connectivity index (χ2v) is 7.61. The fourth-order valence-electron chi connectivity index (χ4n) is 4.01. The highest BCUT2D eigenvalue weighted by molar-refractivity contribution is 5.21. The minimum Gasteiger partial charge on any atom is -0.0654 e. The fraction of sp³-hybridized carbons (Fsp3) is 0.727. The largest absolute Gasteiger partial charge is 0.0654 e. The summed E-state index contributed by atoms with van der Waals surface area (Å²) >= 11 is 0. The molecule has 1 aromatic carbocycles. The Morgan fingerprint density at radius 1 is 0.773 bits per heavy atom. The minimum absolute atomic E-state index is 1.04. The minimum atomic E-state index is 1.04. The van der Waals surface area contributed by atoms with E-state index in [1.165, 1.54) is 88.2 Å². The lowest BCUT2D eigenvalue weighted by Gasteiger charge is -2.28. The topological polar surface area (TPSA) is 0 Å². The molecule has 0 spiro atoms. The Labute approximate surface area is 138 Å². The molecule has 1 saturated carbocycles. The van der Waals surface area contributed by atoms with Gasteiger partial charge in [-0.2, -0.15) is 0 Å². The average molecular weight is 301 g/mol. The van der Waals surface area contributed by atoms with Crippen LogP contribution in [0.3, 0.4) is 0 Å². The highest BCUT2D eigenvalue weighted by atomic mass is 14.3. The first-order valence-corrected chi connectivity index (χ1v) is 9.83. The normalized spacial score (nSPS) is 21.9. The van der Waals surface area contributed by atoms with Crippen molar-refractivity contribution in [3.8, 4) is 0 Å². The van der Waals surface area contributed by atoms with Gasteiger partial charge in [-0.1, -0.05) is 101 Å². The van der Waals surface area contributed by atoms with Crippen LogP contribution in [0.15, 0.2) is 24.3 Å². The predicted molar refractivity (Wildman–Crippen MR) is 98.3 cm³/mol. The van der Waals surface area contributed by atoms with Crippen LogP contribution in [0.1, 0.15) is 88.7 Å². The van der Waals surface area contributed by atoms with Gasteiger partial charge in [-0.25, -0.2) is 0 Å². The summed E-state index contributed by atoms with van der Waals surface area (Å²) in [5, 5.41) is 0. The first-order valence-electron chi connectivity index (χ1n) is 9.83. The summed E-state index contributed by atoms with van der Waals surface area (Å²) in [4.78, 5) is 0. The van der Waals surface area contributed by atoms with Crippen LogP contribution in [0.2, 0.25) is 0 Å². The van der Waals surface area contributed by atoms with Crippen LogP contribution in [0.4, 0.5) is 0 Å². The standard InChI is InChI=1S/C22H36/c1-3-4-5-8-21-15-17-22(18-16-21)10-7-6-9-20-13-11-19(2)12-14-20/h11-14,21-22H,3-10,15-18H2,1-2H3. The molecule has 22 heavy (non-hydrogen) atoms. The summed E-state index contributed by atoms with van der Waals surface area (Å²) in [5.41, 5.74) is 2.89. The molecule has 0 amide bonds. The maximum atomic E-state index is 2.31. The summed E-state index contributed by atoms with van der Waals surface area (Å²) < 4.78 is 0. The lowest BCUT2D eigenvalue weighted by molar-refractivity contribution is 0.245. The van der Waals surface area contributed by atoms with Crippen LogP contribution >= 0.6 is 0 Å². The van der Waals surface area contributed by atoms with Gasteiger partial charge in [0, 0.05) is 0 Å². The van der Waals surface area contributed by atoms with Crippen molar-refractivity contribution in [1.29, 1.82) is 0 Å². The smallest absolute Gasteiger partial charge is 0.0279 e. The second kappa shape index (κ2) is 10.1. The van der Waals surface area contributed by atoms with Gasteiger partial charge in [-0.3, -0.25) is 0 Å². The summed E-state index contributed by atoms with van der Waals surface area (Å²) in [6.07, 6.45) is 17.4. The fourth-order valence-corrected chi connectivity index (χ4v) is 4.01. The van der Waals surface area contributed by atoms with E-state index in [1.54, 1.807) is 0 Å². The van der Waals surface area contributed by atoms with Crippen LogP contribution in [-0.2, 0) is 6.42 Å². The molecule has 0 nitrogen and oxygen atoms in total. The monoisotopic (exact) mass is 300 g/mol. The van der Waals surface area contributed by atoms with Crippen molar-refractivity contribution in [2.24, 2.45) is 11.8 Å². The van der Waals surface area contributed by atoms with Gasteiger partial charge >= 0.3 is 0 Å². The van der Waals surface area contributed by atoms with E-state index in [0.717, 1.165) is 11.8 Å². The molecule has 0 saturated heterocycles. The summed E-state index contributed by atoms with van der Waals surface area (Å²) in [6, 6.07) is 9.10. The van der Waals surface area contributed by atoms with Gasteiger partial charge in [0.1, 0.15) is 0 Å². The van der Waals surface area contributed by atoms with Gasteiger partial charge < -0.3 is 0 Å². The van der Waals surface area contributed by atoms with Crippen molar-refractivity contribution in [2.75, 3.05) is 0 Å². The number of unbranched alkanes of at least 4 members (excludes halogenated alkanes) is 3. The van der Waals surface area contributed by atoms with Crippen molar-refractivity contribution in [2.45, 2.75) is 90.9 Å². The Hall–Kier alpha value is -0.780. The van der Waals surface area contributed by atoms with E-state index in [2.05, 4.69) is 38.1 Å². The van der Waals surface area contributed by atoms with Crippen molar-refractivity contribution in [1.82, 2.24) is 0 Å². The number of hydrogen-bond donors (Lipinski definition) is 0. The van der Waals surface area contributed by atoms with E-state index >= 15 is 0 Å². The third-order valence-corrected chi connectivity index (χ3v) is 5.63. The molecule has 0 bridgehead atoms. The van der Waals surface area contributed by atoms with Crippen LogP contribution in [0, 0.1) is 18.8 Å². The van der Waals surface area contributed by atoms with Gasteiger partial charge in [-0.05, 0) is 37.2 Å². The van der Waals surface area contributed by atoms with Crippen LogP contribution in [0.5, 0.6) is 0 Å². The van der Waals surface area contributed by atoms with E-state index in [-0.39, 0.29) is 0 Å². The first kappa shape index (κ1) is 17.6. The third kappa shape index (κ3) is 6.55. The van der Waals surface area contributed by atoms with Crippen LogP contribution < -0.4 is 0 Å². The second-order valence-electron chi connectivity index (χ2n) is 7.61. The zero-order valence-electron chi connectivity index (χ0n) is 14.9. The van der Waals surface area contributed by atoms with Crippen molar-refractivity contribution in [3.63, 3.8) is 0 Å². The Balaban J connectivity index is 1.52. The Bertz CT molecular complexity index is 381. The van der Waals surface area contributed by atoms with Gasteiger partial charge in [0.25, 0.3) is 0 Å². The van der Waals surface area contributed by atoms with Crippen molar-refractivity contribution >= 4 is 0 Å². The van der Waals surface area contributed by atoms with E-state index in [4.69, 9.17) is 0 Å². The molecule has 1 aliphatic carbocycles. The van der Waals surface area contributed by atoms with Crippen molar-refractivity contribution in [3.05, 3.63) is 35.4 Å². The number of rotatable bonds is 9. The maximum Gasteiger partial charge on any atom is -0.0279 e. The average Bonchev–Trinajstić information content (AvgIpc) is 2.55. The van der Waals surface area contributed by atoms with Gasteiger partial charge in [-0.15, -0.1) is 0 Å². The Morgan fingerprint density at radius 3 is 1.86 bits per heavy atom. The lowest BCUT2D eigenvalue weighted by atomic mass is 9.78. The molecule has 124 valence electrons. The predicted octanol–water partition coefficient (Wildman–Crippen LogP) is 7.09. The molecular formula is C22H36. The Morgan fingerprint density at radius 2 is 1.32 bits per heavy atom. The molecule has 0 unspecified atom stereocenters. The summed E-state index contributed by atoms with van der Waals surface area (Å²) in [6.45, 7) is 4.48. The molecule has 0 N–H and O–H groups in total. The highest BCUT2D eigenvalue weighted by Crippen LogP contribution is 2.34. The lowest BCUT2D eigenvalue weighted by Crippen LogP contribution is -2.14. The number of aryl methyl sites for hydroxylation is 2.